The zero-order chi connectivity index (χ0) is 15.2. The van der Waals surface area contributed by atoms with Crippen LogP contribution in [0.3, 0.4) is 0 Å². The lowest BCUT2D eigenvalue weighted by atomic mass is 10.1. The molecule has 0 amide bonds. The Kier molecular flexibility index (Phi) is 6.15. The summed E-state index contributed by atoms with van der Waals surface area (Å²) in [5, 5.41) is 0.698. The molecule has 4 nitrogen and oxygen atoms in total. The van der Waals surface area contributed by atoms with Crippen molar-refractivity contribution in [3.8, 4) is 11.5 Å². The summed E-state index contributed by atoms with van der Waals surface area (Å²) in [4.78, 5) is 2.24. The van der Waals surface area contributed by atoms with Gasteiger partial charge in [-0.25, -0.2) is 0 Å². The van der Waals surface area contributed by atoms with E-state index in [4.69, 9.17) is 25.8 Å². The Morgan fingerprint density at radius 1 is 1.24 bits per heavy atom. The summed E-state index contributed by atoms with van der Waals surface area (Å²) in [6.45, 7) is 2.57. The number of halogens is 1. The van der Waals surface area contributed by atoms with Crippen LogP contribution in [0, 0.1) is 0 Å². The van der Waals surface area contributed by atoms with Crippen LogP contribution < -0.4 is 9.47 Å². The van der Waals surface area contributed by atoms with Crippen molar-refractivity contribution in [3.63, 3.8) is 0 Å². The Morgan fingerprint density at radius 2 is 1.95 bits per heavy atom. The lowest BCUT2D eigenvalue weighted by Crippen LogP contribution is -2.33. The van der Waals surface area contributed by atoms with E-state index >= 15 is 0 Å². The van der Waals surface area contributed by atoms with Crippen LogP contribution in [0.1, 0.15) is 24.8 Å². The van der Waals surface area contributed by atoms with Gasteiger partial charge >= 0.3 is 0 Å². The maximum Gasteiger partial charge on any atom is 0.162 e. The van der Waals surface area contributed by atoms with Gasteiger partial charge in [-0.1, -0.05) is 11.6 Å². The fourth-order valence-corrected chi connectivity index (χ4v) is 2.89. The molecular weight excluding hydrogens is 290 g/mol. The fraction of sp³-hybridized carbons (Fsp3) is 0.625. The highest BCUT2D eigenvalue weighted by Crippen LogP contribution is 2.33. The third-order valence-corrected chi connectivity index (χ3v) is 4.13. The monoisotopic (exact) mass is 313 g/mol. The predicted octanol–water partition coefficient (Wildman–Crippen LogP) is 3.36. The molecule has 21 heavy (non-hydrogen) atoms. The van der Waals surface area contributed by atoms with E-state index in [1.807, 2.05) is 6.07 Å². The van der Waals surface area contributed by atoms with Crippen molar-refractivity contribution in [3.05, 3.63) is 22.7 Å². The maximum atomic E-state index is 6.33. The highest BCUT2D eigenvalue weighted by Gasteiger charge is 2.17. The summed E-state index contributed by atoms with van der Waals surface area (Å²) in [7, 11) is 5.33. The van der Waals surface area contributed by atoms with Gasteiger partial charge in [0.05, 0.1) is 20.3 Å². The Morgan fingerprint density at radius 3 is 2.57 bits per heavy atom. The second-order valence-electron chi connectivity index (χ2n) is 5.48. The second-order valence-corrected chi connectivity index (χ2v) is 5.89. The quantitative estimate of drug-likeness (QED) is 0.806. The first kappa shape index (κ1) is 16.4. The van der Waals surface area contributed by atoms with Gasteiger partial charge in [0.15, 0.2) is 11.5 Å². The van der Waals surface area contributed by atoms with Gasteiger partial charge in [0.2, 0.25) is 0 Å². The van der Waals surface area contributed by atoms with Gasteiger partial charge in [0, 0.05) is 30.8 Å². The van der Waals surface area contributed by atoms with E-state index in [1.165, 1.54) is 12.8 Å². The standard InChI is InChI=1S/C16H24ClNO3/c1-18(11-13-6-4-5-7-21-13)10-12-8-15(19-2)16(20-3)9-14(12)17/h8-9,13H,4-7,10-11H2,1-3H3/t13-/m1/s1. The first-order chi connectivity index (χ1) is 10.1. The van der Waals surface area contributed by atoms with Crippen LogP contribution in [0.25, 0.3) is 0 Å². The van der Waals surface area contributed by atoms with Crippen molar-refractivity contribution in [2.75, 3.05) is 34.4 Å². The molecule has 1 heterocycles. The highest BCUT2D eigenvalue weighted by atomic mass is 35.5. The van der Waals surface area contributed by atoms with Gasteiger partial charge in [-0.2, -0.15) is 0 Å². The normalized spacial score (nSPS) is 18.8. The Labute approximate surface area is 131 Å². The summed E-state index contributed by atoms with van der Waals surface area (Å²) in [5.41, 5.74) is 1.03. The maximum absolute atomic E-state index is 6.33. The van der Waals surface area contributed by atoms with E-state index in [0.29, 0.717) is 22.6 Å². The molecule has 1 aromatic carbocycles. The molecule has 0 spiro atoms. The van der Waals surface area contributed by atoms with Crippen LogP contribution in [0.4, 0.5) is 0 Å². The molecule has 118 valence electrons. The topological polar surface area (TPSA) is 30.9 Å². The number of nitrogens with zero attached hydrogens (tertiary/aromatic N) is 1. The van der Waals surface area contributed by atoms with Gasteiger partial charge in [-0.05, 0) is 37.9 Å². The van der Waals surface area contributed by atoms with Gasteiger partial charge in [0.1, 0.15) is 0 Å². The summed E-state index contributed by atoms with van der Waals surface area (Å²) >= 11 is 6.33. The summed E-state index contributed by atoms with van der Waals surface area (Å²) < 4.78 is 16.4. The SMILES string of the molecule is COc1cc(Cl)c(CN(C)C[C@H]2CCCCO2)cc1OC. The number of rotatable bonds is 6. The van der Waals surface area contributed by atoms with E-state index in [-0.39, 0.29) is 0 Å². The predicted molar refractivity (Wildman–Crippen MR) is 84.5 cm³/mol. The number of methoxy groups -OCH3 is 2. The molecule has 1 aromatic rings. The Bertz CT molecular complexity index is 461. The molecule has 0 saturated carbocycles. The molecule has 5 heteroatoms. The van der Waals surface area contributed by atoms with Crippen molar-refractivity contribution >= 4 is 11.6 Å². The van der Waals surface area contributed by atoms with Crippen LogP contribution in [-0.4, -0.2) is 45.4 Å². The molecule has 0 aromatic heterocycles. The first-order valence-corrected chi connectivity index (χ1v) is 7.72. The van der Waals surface area contributed by atoms with Crippen molar-refractivity contribution < 1.29 is 14.2 Å². The number of ether oxygens (including phenoxy) is 3. The number of likely N-dealkylation sites (N-methyl/N-ethyl adjacent to an activating group) is 1. The van der Waals surface area contributed by atoms with Gasteiger partial charge < -0.3 is 14.2 Å². The Hall–Kier alpha value is -0.970. The van der Waals surface area contributed by atoms with E-state index in [1.54, 1.807) is 20.3 Å². The largest absolute Gasteiger partial charge is 0.493 e. The van der Waals surface area contributed by atoms with E-state index in [0.717, 1.165) is 31.7 Å². The van der Waals surface area contributed by atoms with Crippen molar-refractivity contribution in [1.29, 1.82) is 0 Å². The number of hydrogen-bond acceptors (Lipinski definition) is 4. The second kappa shape index (κ2) is 7.87. The molecule has 0 bridgehead atoms. The fourth-order valence-electron chi connectivity index (χ4n) is 2.67. The molecule has 1 fully saturated rings. The third-order valence-electron chi connectivity index (χ3n) is 3.78. The minimum Gasteiger partial charge on any atom is -0.493 e. The molecule has 0 aliphatic carbocycles. The first-order valence-electron chi connectivity index (χ1n) is 7.34. The Balaban J connectivity index is 2.00. The molecular formula is C16H24ClNO3. The summed E-state index contributed by atoms with van der Waals surface area (Å²) in [6.07, 6.45) is 3.92. The van der Waals surface area contributed by atoms with Crippen LogP contribution in [0.5, 0.6) is 11.5 Å². The zero-order valence-corrected chi connectivity index (χ0v) is 13.8. The van der Waals surface area contributed by atoms with E-state index in [2.05, 4.69) is 11.9 Å². The van der Waals surface area contributed by atoms with Crippen molar-refractivity contribution in [2.45, 2.75) is 31.9 Å². The number of hydrogen-bond donors (Lipinski definition) is 0. The zero-order valence-electron chi connectivity index (χ0n) is 13.0. The molecule has 0 unspecified atom stereocenters. The smallest absolute Gasteiger partial charge is 0.162 e. The van der Waals surface area contributed by atoms with Crippen molar-refractivity contribution in [2.24, 2.45) is 0 Å². The highest BCUT2D eigenvalue weighted by molar-refractivity contribution is 6.31. The number of benzene rings is 1. The molecule has 1 aliphatic rings. The molecule has 2 rings (SSSR count). The van der Waals surface area contributed by atoms with Crippen molar-refractivity contribution in [1.82, 2.24) is 4.90 Å². The minimum atomic E-state index is 0.336. The van der Waals surface area contributed by atoms with Crippen LogP contribution in [-0.2, 0) is 11.3 Å². The average molecular weight is 314 g/mol. The molecule has 1 aliphatic heterocycles. The van der Waals surface area contributed by atoms with Gasteiger partial charge in [0.25, 0.3) is 0 Å². The molecule has 1 saturated heterocycles. The molecule has 0 radical (unpaired) electrons. The summed E-state index contributed by atoms with van der Waals surface area (Å²) in [6, 6.07) is 3.75. The van der Waals surface area contributed by atoms with Gasteiger partial charge in [-0.3, -0.25) is 4.90 Å². The summed E-state index contributed by atoms with van der Waals surface area (Å²) in [5.74, 6) is 1.36. The van der Waals surface area contributed by atoms with Gasteiger partial charge in [-0.15, -0.1) is 0 Å². The average Bonchev–Trinajstić information content (AvgIpc) is 2.49. The van der Waals surface area contributed by atoms with E-state index in [9.17, 15) is 0 Å². The third kappa shape index (κ3) is 4.50. The van der Waals surface area contributed by atoms with Crippen LogP contribution >= 0.6 is 11.6 Å². The lowest BCUT2D eigenvalue weighted by Gasteiger charge is -2.27. The van der Waals surface area contributed by atoms with Crippen LogP contribution in [0.15, 0.2) is 12.1 Å². The molecule has 1 atom stereocenters. The van der Waals surface area contributed by atoms with Crippen LogP contribution in [0.2, 0.25) is 5.02 Å². The van der Waals surface area contributed by atoms with E-state index < -0.39 is 0 Å². The minimum absolute atomic E-state index is 0.336. The lowest BCUT2D eigenvalue weighted by molar-refractivity contribution is -0.00259. The molecule has 0 N–H and O–H groups in total.